The number of hydrogen-bond acceptors (Lipinski definition) is 2. The molecule has 0 aliphatic carbocycles. The van der Waals surface area contributed by atoms with Gasteiger partial charge in [-0.25, -0.2) is 4.79 Å². The van der Waals surface area contributed by atoms with E-state index in [0.717, 1.165) is 0 Å². The number of carbonyl (C=O) groups excluding carboxylic acids is 1. The second-order valence-electron chi connectivity index (χ2n) is 4.79. The molecule has 0 N–H and O–H groups in total. The molecule has 1 rings (SSSR count). The van der Waals surface area contributed by atoms with Crippen LogP contribution in [-0.2, 0) is 4.74 Å². The largest absolute Gasteiger partial charge is 0.444 e. The highest BCUT2D eigenvalue weighted by Crippen LogP contribution is 2.26. The lowest BCUT2D eigenvalue weighted by atomic mass is 9.92. The van der Waals surface area contributed by atoms with Gasteiger partial charge in [0.2, 0.25) is 0 Å². The van der Waals surface area contributed by atoms with E-state index in [1.54, 1.807) is 4.90 Å². The predicted octanol–water partition coefficient (Wildman–Crippen LogP) is 2.21. The molecule has 1 fully saturated rings. The number of nitrogens with zero attached hydrogens (tertiary/aromatic N) is 1. The first-order chi connectivity index (χ1) is 6.35. The summed E-state index contributed by atoms with van der Waals surface area (Å²) >= 11 is 0. The third-order valence-electron chi connectivity index (χ3n) is 2.43. The van der Waals surface area contributed by atoms with Gasteiger partial charge in [0, 0.05) is 18.5 Å². The zero-order valence-corrected chi connectivity index (χ0v) is 9.21. The lowest BCUT2D eigenvalue weighted by Gasteiger charge is -2.45. The van der Waals surface area contributed by atoms with Crippen molar-refractivity contribution in [2.45, 2.75) is 39.3 Å². The maximum atomic E-state index is 12.3. The minimum Gasteiger partial charge on any atom is -0.444 e. The van der Waals surface area contributed by atoms with Gasteiger partial charge in [-0.3, -0.25) is 4.39 Å². The normalized spacial score (nSPS) is 27.1. The van der Waals surface area contributed by atoms with E-state index in [2.05, 4.69) is 0 Å². The van der Waals surface area contributed by atoms with Crippen LogP contribution < -0.4 is 0 Å². The summed E-state index contributed by atoms with van der Waals surface area (Å²) in [6.07, 6.45) is -0.338. The van der Waals surface area contributed by atoms with Gasteiger partial charge in [0.15, 0.2) is 0 Å². The van der Waals surface area contributed by atoms with Gasteiger partial charge in [-0.05, 0) is 27.7 Å². The van der Waals surface area contributed by atoms with Crippen LogP contribution in [0.4, 0.5) is 9.18 Å². The van der Waals surface area contributed by atoms with Gasteiger partial charge >= 0.3 is 6.09 Å². The number of amides is 1. The van der Waals surface area contributed by atoms with Gasteiger partial charge in [-0.15, -0.1) is 0 Å². The highest BCUT2D eigenvalue weighted by Gasteiger charge is 2.40. The summed E-state index contributed by atoms with van der Waals surface area (Å²) < 4.78 is 17.5. The summed E-state index contributed by atoms with van der Waals surface area (Å²) in [7, 11) is 0. The van der Waals surface area contributed by atoms with Crippen LogP contribution in [0.5, 0.6) is 0 Å². The molecule has 14 heavy (non-hydrogen) atoms. The van der Waals surface area contributed by atoms with E-state index in [-0.39, 0.29) is 24.7 Å². The fraction of sp³-hybridized carbons (Fsp3) is 0.900. The molecule has 0 bridgehead atoms. The Hall–Kier alpha value is -0.800. The summed E-state index contributed by atoms with van der Waals surface area (Å²) in [4.78, 5) is 13.1. The Labute approximate surface area is 84.2 Å². The van der Waals surface area contributed by atoms with E-state index >= 15 is 0 Å². The van der Waals surface area contributed by atoms with E-state index in [4.69, 9.17) is 4.74 Å². The molecule has 1 saturated heterocycles. The molecule has 4 heteroatoms. The third kappa shape index (κ3) is 2.36. The first kappa shape index (κ1) is 11.3. The van der Waals surface area contributed by atoms with E-state index in [9.17, 15) is 9.18 Å². The van der Waals surface area contributed by atoms with Crippen molar-refractivity contribution in [3.8, 4) is 0 Å². The molecule has 0 saturated carbocycles. The van der Waals surface area contributed by atoms with E-state index in [1.807, 2.05) is 27.7 Å². The number of hydrogen-bond donors (Lipinski definition) is 0. The fourth-order valence-corrected chi connectivity index (χ4v) is 1.43. The average molecular weight is 203 g/mol. The molecule has 0 aromatic rings. The molecule has 0 radical (unpaired) electrons. The third-order valence-corrected chi connectivity index (χ3v) is 2.43. The van der Waals surface area contributed by atoms with Crippen LogP contribution in [-0.4, -0.2) is 35.9 Å². The summed E-state index contributed by atoms with van der Waals surface area (Å²) in [5.41, 5.74) is -0.475. The Morgan fingerprint density at radius 2 is 2.14 bits per heavy atom. The predicted molar refractivity (Wildman–Crippen MR) is 51.9 cm³/mol. The zero-order valence-electron chi connectivity index (χ0n) is 9.21. The molecule has 1 heterocycles. The van der Waals surface area contributed by atoms with Crippen molar-refractivity contribution in [3.05, 3.63) is 0 Å². The van der Waals surface area contributed by atoms with E-state index in [1.165, 1.54) is 0 Å². The number of ether oxygens (including phenoxy) is 1. The monoisotopic (exact) mass is 203 g/mol. The average Bonchev–Trinajstić information content (AvgIpc) is 1.99. The van der Waals surface area contributed by atoms with Crippen molar-refractivity contribution in [2.75, 3.05) is 13.2 Å². The number of halogens is 1. The minimum absolute atomic E-state index is 0.0116. The molecule has 1 aliphatic heterocycles. The Morgan fingerprint density at radius 3 is 2.50 bits per heavy atom. The first-order valence-corrected chi connectivity index (χ1v) is 4.90. The van der Waals surface area contributed by atoms with Crippen LogP contribution in [0.1, 0.15) is 27.7 Å². The number of carbonyl (C=O) groups is 1. The van der Waals surface area contributed by atoms with Gasteiger partial charge in [0.1, 0.15) is 5.60 Å². The van der Waals surface area contributed by atoms with E-state index in [0.29, 0.717) is 6.54 Å². The molecule has 82 valence electrons. The lowest BCUT2D eigenvalue weighted by molar-refractivity contribution is -0.0296. The highest BCUT2D eigenvalue weighted by atomic mass is 19.1. The Balaban J connectivity index is 2.42. The fourth-order valence-electron chi connectivity index (χ4n) is 1.43. The van der Waals surface area contributed by atoms with Crippen molar-refractivity contribution in [2.24, 2.45) is 5.92 Å². The molecule has 0 spiro atoms. The first-order valence-electron chi connectivity index (χ1n) is 4.90. The van der Waals surface area contributed by atoms with Crippen molar-refractivity contribution >= 4 is 6.09 Å². The van der Waals surface area contributed by atoms with E-state index < -0.39 is 5.60 Å². The molecule has 2 atom stereocenters. The van der Waals surface area contributed by atoms with Crippen molar-refractivity contribution in [3.63, 3.8) is 0 Å². The lowest BCUT2D eigenvalue weighted by Crippen LogP contribution is -2.58. The van der Waals surface area contributed by atoms with Gasteiger partial charge < -0.3 is 9.64 Å². The van der Waals surface area contributed by atoms with Gasteiger partial charge in [0.25, 0.3) is 0 Å². The van der Waals surface area contributed by atoms with Crippen LogP contribution in [0.15, 0.2) is 0 Å². The van der Waals surface area contributed by atoms with Crippen LogP contribution >= 0.6 is 0 Å². The highest BCUT2D eigenvalue weighted by molar-refractivity contribution is 5.69. The number of likely N-dealkylation sites (tertiary alicyclic amines) is 1. The maximum absolute atomic E-state index is 12.3. The van der Waals surface area contributed by atoms with Gasteiger partial charge in [0.05, 0.1) is 6.67 Å². The quantitative estimate of drug-likeness (QED) is 0.654. The zero-order chi connectivity index (χ0) is 10.9. The van der Waals surface area contributed by atoms with Crippen LogP contribution in [0.25, 0.3) is 0 Å². The molecular weight excluding hydrogens is 185 g/mol. The Morgan fingerprint density at radius 1 is 1.57 bits per heavy atom. The van der Waals surface area contributed by atoms with Crippen molar-refractivity contribution < 1.29 is 13.9 Å². The SMILES string of the molecule is CC1C(CF)CN1C(=O)OC(C)(C)C. The van der Waals surface area contributed by atoms with Crippen molar-refractivity contribution in [1.82, 2.24) is 4.90 Å². The molecule has 0 aromatic carbocycles. The summed E-state index contributed by atoms with van der Waals surface area (Å²) in [6, 6.07) is -0.0325. The van der Waals surface area contributed by atoms with Gasteiger partial charge in [-0.1, -0.05) is 0 Å². The number of rotatable bonds is 1. The summed E-state index contributed by atoms with van der Waals surface area (Å²) in [5.74, 6) is -0.0116. The van der Waals surface area contributed by atoms with Crippen molar-refractivity contribution in [1.29, 1.82) is 0 Å². The Kier molecular flexibility index (Phi) is 3.02. The van der Waals surface area contributed by atoms with Crippen LogP contribution in [0.3, 0.4) is 0 Å². The smallest absolute Gasteiger partial charge is 0.410 e. The van der Waals surface area contributed by atoms with Crippen LogP contribution in [0.2, 0.25) is 0 Å². The minimum atomic E-state index is -0.475. The number of alkyl halides is 1. The standard InChI is InChI=1S/C10H18FNO2/c1-7-8(5-11)6-12(7)9(13)14-10(2,3)4/h7-8H,5-6H2,1-4H3. The maximum Gasteiger partial charge on any atom is 0.410 e. The molecule has 2 unspecified atom stereocenters. The molecule has 3 nitrogen and oxygen atoms in total. The molecular formula is C10H18FNO2. The summed E-state index contributed by atoms with van der Waals surface area (Å²) in [5, 5.41) is 0. The summed E-state index contributed by atoms with van der Waals surface area (Å²) in [6.45, 7) is 7.43. The molecule has 1 amide bonds. The Bertz CT molecular complexity index is 225. The second kappa shape index (κ2) is 3.75. The van der Waals surface area contributed by atoms with Gasteiger partial charge in [-0.2, -0.15) is 0 Å². The van der Waals surface area contributed by atoms with Crippen LogP contribution in [0, 0.1) is 5.92 Å². The molecule has 0 aromatic heterocycles. The topological polar surface area (TPSA) is 29.5 Å². The second-order valence-corrected chi connectivity index (χ2v) is 4.79. The molecule has 1 aliphatic rings.